The van der Waals surface area contributed by atoms with E-state index in [-0.39, 0.29) is 0 Å². The van der Waals surface area contributed by atoms with E-state index in [0.29, 0.717) is 0 Å². The second-order valence-electron chi connectivity index (χ2n) is 3.81. The maximum Gasteiger partial charge on any atom is 0.133 e. The molecule has 0 aliphatic heterocycles. The fourth-order valence-electron chi connectivity index (χ4n) is 1.74. The van der Waals surface area contributed by atoms with Crippen LogP contribution in [0.2, 0.25) is 0 Å². The molecule has 3 aromatic rings. The van der Waals surface area contributed by atoms with E-state index < -0.39 is 0 Å². The fourth-order valence-corrected chi connectivity index (χ4v) is 1.74. The van der Waals surface area contributed by atoms with Gasteiger partial charge in [0.15, 0.2) is 0 Å². The van der Waals surface area contributed by atoms with Gasteiger partial charge in [0, 0.05) is 11.6 Å². The van der Waals surface area contributed by atoms with Crippen LogP contribution in [-0.2, 0) is 0 Å². The molecule has 17 heavy (non-hydrogen) atoms. The molecule has 0 saturated carbocycles. The van der Waals surface area contributed by atoms with E-state index >= 15 is 0 Å². The number of hydrogen-bond acceptors (Lipinski definition) is 2. The normalized spacial score (nSPS) is 11.3. The van der Waals surface area contributed by atoms with Gasteiger partial charge < -0.3 is 4.42 Å². The number of aromatic nitrogens is 1. The van der Waals surface area contributed by atoms with Crippen molar-refractivity contribution < 1.29 is 4.42 Å². The molecule has 0 aliphatic rings. The number of nitrogens with zero attached hydrogens (tertiary/aromatic N) is 1. The van der Waals surface area contributed by atoms with Crippen molar-refractivity contribution >= 4 is 23.1 Å². The van der Waals surface area contributed by atoms with E-state index in [1.165, 1.54) is 0 Å². The van der Waals surface area contributed by atoms with Crippen molar-refractivity contribution in [2.24, 2.45) is 0 Å². The second kappa shape index (κ2) is 4.26. The molecule has 0 radical (unpaired) electrons. The Morgan fingerprint density at radius 1 is 1.00 bits per heavy atom. The van der Waals surface area contributed by atoms with Crippen LogP contribution < -0.4 is 0 Å². The van der Waals surface area contributed by atoms with Crippen LogP contribution in [0, 0.1) is 0 Å². The summed E-state index contributed by atoms with van der Waals surface area (Å²) in [6.45, 7) is 0. The van der Waals surface area contributed by atoms with Crippen molar-refractivity contribution in [2.75, 3.05) is 0 Å². The maximum absolute atomic E-state index is 5.30. The molecule has 0 atom stereocenters. The molecule has 2 heterocycles. The van der Waals surface area contributed by atoms with Crippen LogP contribution >= 0.6 is 0 Å². The summed E-state index contributed by atoms with van der Waals surface area (Å²) >= 11 is 0. The van der Waals surface area contributed by atoms with Crippen molar-refractivity contribution in [3.8, 4) is 0 Å². The molecule has 0 bridgehead atoms. The summed E-state index contributed by atoms with van der Waals surface area (Å²) in [5.41, 5.74) is 3.02. The first kappa shape index (κ1) is 9.85. The minimum absolute atomic E-state index is 0.917. The van der Waals surface area contributed by atoms with Gasteiger partial charge in [0.2, 0.25) is 0 Å². The Labute approximate surface area is 99.2 Å². The highest BCUT2D eigenvalue weighted by atomic mass is 16.3. The summed E-state index contributed by atoms with van der Waals surface area (Å²) in [7, 11) is 0. The second-order valence-corrected chi connectivity index (χ2v) is 3.81. The van der Waals surface area contributed by atoms with Crippen LogP contribution in [0.5, 0.6) is 0 Å². The molecule has 0 saturated heterocycles. The summed E-state index contributed by atoms with van der Waals surface area (Å²) in [6, 6.07) is 13.9. The molecule has 0 N–H and O–H groups in total. The SMILES string of the molecule is C(=Cc1ccccn1)c1ccc2occc2c1. The summed E-state index contributed by atoms with van der Waals surface area (Å²) in [5, 5.41) is 1.12. The highest BCUT2D eigenvalue weighted by molar-refractivity contribution is 5.81. The molecule has 2 nitrogen and oxygen atoms in total. The minimum Gasteiger partial charge on any atom is -0.464 e. The van der Waals surface area contributed by atoms with E-state index in [2.05, 4.69) is 17.1 Å². The van der Waals surface area contributed by atoms with Gasteiger partial charge in [-0.25, -0.2) is 0 Å². The number of hydrogen-bond donors (Lipinski definition) is 0. The maximum atomic E-state index is 5.30. The average Bonchev–Trinajstić information content (AvgIpc) is 2.85. The molecule has 2 aromatic heterocycles. The number of fused-ring (bicyclic) bond motifs is 1. The van der Waals surface area contributed by atoms with Crippen LogP contribution in [0.25, 0.3) is 23.1 Å². The third-order valence-corrected chi connectivity index (χ3v) is 2.61. The lowest BCUT2D eigenvalue weighted by molar-refractivity contribution is 0.616. The molecule has 3 rings (SSSR count). The van der Waals surface area contributed by atoms with E-state index in [1.54, 1.807) is 12.5 Å². The Hall–Kier alpha value is -2.35. The van der Waals surface area contributed by atoms with Crippen molar-refractivity contribution in [1.29, 1.82) is 0 Å². The predicted octanol–water partition coefficient (Wildman–Crippen LogP) is 4.00. The van der Waals surface area contributed by atoms with Gasteiger partial charge in [-0.3, -0.25) is 4.98 Å². The van der Waals surface area contributed by atoms with Crippen LogP contribution in [0.1, 0.15) is 11.3 Å². The molecule has 0 spiro atoms. The average molecular weight is 221 g/mol. The van der Waals surface area contributed by atoms with Crippen LogP contribution in [0.15, 0.2) is 59.3 Å². The van der Waals surface area contributed by atoms with Gasteiger partial charge in [-0.15, -0.1) is 0 Å². The smallest absolute Gasteiger partial charge is 0.133 e. The summed E-state index contributed by atoms with van der Waals surface area (Å²) in [5.74, 6) is 0. The molecule has 0 aliphatic carbocycles. The predicted molar refractivity (Wildman–Crippen MR) is 69.4 cm³/mol. The summed E-state index contributed by atoms with van der Waals surface area (Å²) in [4.78, 5) is 4.24. The van der Waals surface area contributed by atoms with Gasteiger partial charge in [0.05, 0.1) is 12.0 Å². The Kier molecular flexibility index (Phi) is 2.47. The summed E-state index contributed by atoms with van der Waals surface area (Å²) < 4.78 is 5.30. The summed E-state index contributed by atoms with van der Waals surface area (Å²) in [6.07, 6.45) is 7.55. The minimum atomic E-state index is 0.917. The largest absolute Gasteiger partial charge is 0.464 e. The van der Waals surface area contributed by atoms with Gasteiger partial charge in [-0.2, -0.15) is 0 Å². The number of furan rings is 1. The van der Waals surface area contributed by atoms with Gasteiger partial charge in [-0.05, 0) is 42.0 Å². The highest BCUT2D eigenvalue weighted by Crippen LogP contribution is 2.18. The standard InChI is InChI=1S/C15H11NO/c1-2-9-16-14(3-1)6-4-12-5-7-15-13(11-12)8-10-17-15/h1-11H. The Balaban J connectivity index is 1.92. The molecule has 0 fully saturated rings. The van der Waals surface area contributed by atoms with Crippen molar-refractivity contribution in [1.82, 2.24) is 4.98 Å². The molecule has 1 aromatic carbocycles. The fraction of sp³-hybridized carbons (Fsp3) is 0. The molecular weight excluding hydrogens is 210 g/mol. The lowest BCUT2D eigenvalue weighted by Gasteiger charge is -1.94. The molecule has 2 heteroatoms. The quantitative estimate of drug-likeness (QED) is 0.653. The monoisotopic (exact) mass is 221 g/mol. The number of pyridine rings is 1. The van der Waals surface area contributed by atoms with E-state index in [9.17, 15) is 0 Å². The zero-order valence-electron chi connectivity index (χ0n) is 9.21. The Morgan fingerprint density at radius 2 is 2.00 bits per heavy atom. The van der Waals surface area contributed by atoms with Crippen molar-refractivity contribution in [3.63, 3.8) is 0 Å². The highest BCUT2D eigenvalue weighted by Gasteiger charge is 1.96. The van der Waals surface area contributed by atoms with Crippen molar-refractivity contribution in [3.05, 3.63) is 66.2 Å². The third-order valence-electron chi connectivity index (χ3n) is 2.61. The van der Waals surface area contributed by atoms with Gasteiger partial charge in [-0.1, -0.05) is 18.2 Å². The molecule has 0 unspecified atom stereocenters. The van der Waals surface area contributed by atoms with Crippen LogP contribution in [0.4, 0.5) is 0 Å². The molecule has 82 valence electrons. The molecular formula is C15H11NO. The zero-order chi connectivity index (χ0) is 11.5. The third kappa shape index (κ3) is 2.11. The first-order valence-corrected chi connectivity index (χ1v) is 5.48. The van der Waals surface area contributed by atoms with Gasteiger partial charge in [0.25, 0.3) is 0 Å². The van der Waals surface area contributed by atoms with E-state index in [1.807, 2.05) is 42.5 Å². The van der Waals surface area contributed by atoms with E-state index in [4.69, 9.17) is 4.42 Å². The first-order chi connectivity index (χ1) is 8.42. The lowest BCUT2D eigenvalue weighted by Crippen LogP contribution is -1.76. The lowest BCUT2D eigenvalue weighted by atomic mass is 10.1. The van der Waals surface area contributed by atoms with Crippen molar-refractivity contribution in [2.45, 2.75) is 0 Å². The number of benzene rings is 1. The number of rotatable bonds is 2. The van der Waals surface area contributed by atoms with Gasteiger partial charge in [0.1, 0.15) is 5.58 Å². The Morgan fingerprint density at radius 3 is 2.88 bits per heavy atom. The topological polar surface area (TPSA) is 26.0 Å². The first-order valence-electron chi connectivity index (χ1n) is 5.48. The van der Waals surface area contributed by atoms with E-state index in [0.717, 1.165) is 22.2 Å². The van der Waals surface area contributed by atoms with Gasteiger partial charge >= 0.3 is 0 Å². The Bertz CT molecular complexity index is 653. The van der Waals surface area contributed by atoms with Crippen LogP contribution in [0.3, 0.4) is 0 Å². The van der Waals surface area contributed by atoms with Crippen LogP contribution in [-0.4, -0.2) is 4.98 Å². The zero-order valence-corrected chi connectivity index (χ0v) is 9.21. The molecule has 0 amide bonds.